The van der Waals surface area contributed by atoms with E-state index in [9.17, 15) is 9.59 Å². The van der Waals surface area contributed by atoms with Crippen molar-refractivity contribution in [3.05, 3.63) is 15.9 Å². The molecule has 0 unspecified atom stereocenters. The fourth-order valence-electron chi connectivity index (χ4n) is 0.584. The van der Waals surface area contributed by atoms with Crippen LogP contribution < -0.4 is 11.3 Å². The monoisotopic (exact) mass is 143 g/mol. The highest BCUT2D eigenvalue weighted by Crippen LogP contribution is 1.98. The number of rotatable bonds is 1. The minimum Gasteiger partial charge on any atom is -0.477 e. The Morgan fingerprint density at radius 1 is 1.50 bits per heavy atom. The molecule has 0 aliphatic heterocycles. The number of aromatic carboxylic acids is 1. The molecule has 0 saturated carbocycles. The Kier molecular flexibility index (Phi) is 1.22. The van der Waals surface area contributed by atoms with E-state index in [2.05, 4.69) is 5.10 Å². The van der Waals surface area contributed by atoms with Crippen molar-refractivity contribution < 1.29 is 9.90 Å². The molecule has 0 aliphatic carbocycles. The molecule has 0 saturated heterocycles. The second kappa shape index (κ2) is 1.90. The van der Waals surface area contributed by atoms with Gasteiger partial charge in [0.1, 0.15) is 5.82 Å². The molecule has 0 amide bonds. The number of H-pyrrole nitrogens is 2. The van der Waals surface area contributed by atoms with Crippen molar-refractivity contribution in [3.8, 4) is 0 Å². The van der Waals surface area contributed by atoms with Gasteiger partial charge in [-0.25, -0.2) is 4.79 Å². The first-order chi connectivity index (χ1) is 4.63. The van der Waals surface area contributed by atoms with Crippen molar-refractivity contribution in [2.75, 3.05) is 5.73 Å². The fourth-order valence-corrected chi connectivity index (χ4v) is 0.584. The van der Waals surface area contributed by atoms with Gasteiger partial charge in [0.15, 0.2) is 5.56 Å². The van der Waals surface area contributed by atoms with Crippen molar-refractivity contribution in [3.63, 3.8) is 0 Å². The minimum atomic E-state index is -1.33. The molecule has 1 heterocycles. The minimum absolute atomic E-state index is 0.155. The molecule has 54 valence electrons. The van der Waals surface area contributed by atoms with Crippen LogP contribution in [0.3, 0.4) is 0 Å². The summed E-state index contributed by atoms with van der Waals surface area (Å²) in [5, 5.41) is 12.5. The highest BCUT2D eigenvalue weighted by molar-refractivity contribution is 5.92. The van der Waals surface area contributed by atoms with E-state index < -0.39 is 17.1 Å². The lowest BCUT2D eigenvalue weighted by atomic mass is 10.3. The number of hydrogen-bond acceptors (Lipinski definition) is 3. The number of hydrogen-bond donors (Lipinski definition) is 4. The standard InChI is InChI=1S/C4H5N3O3/c5-2-1(4(9)10)3(8)7-6-2/h(H,9,10)(H4,5,6,7,8). The largest absolute Gasteiger partial charge is 0.477 e. The average molecular weight is 143 g/mol. The van der Waals surface area contributed by atoms with E-state index in [0.29, 0.717) is 0 Å². The fraction of sp³-hybridized carbons (Fsp3) is 0. The third-order valence-corrected chi connectivity index (χ3v) is 1.02. The topological polar surface area (TPSA) is 112 Å². The lowest BCUT2D eigenvalue weighted by molar-refractivity contribution is 0.0697. The van der Waals surface area contributed by atoms with E-state index in [0.717, 1.165) is 0 Å². The molecule has 0 aromatic carbocycles. The first-order valence-electron chi connectivity index (χ1n) is 2.42. The number of anilines is 1. The van der Waals surface area contributed by atoms with Crippen molar-refractivity contribution in [1.29, 1.82) is 0 Å². The number of nitrogen functional groups attached to an aromatic ring is 1. The second-order valence-electron chi connectivity index (χ2n) is 1.67. The van der Waals surface area contributed by atoms with Gasteiger partial charge in [-0.1, -0.05) is 0 Å². The van der Waals surface area contributed by atoms with Crippen molar-refractivity contribution in [2.24, 2.45) is 0 Å². The van der Waals surface area contributed by atoms with Gasteiger partial charge in [0, 0.05) is 0 Å². The predicted molar refractivity (Wildman–Crippen MR) is 32.8 cm³/mol. The van der Waals surface area contributed by atoms with E-state index in [-0.39, 0.29) is 5.82 Å². The van der Waals surface area contributed by atoms with Crippen LogP contribution in [0.4, 0.5) is 5.82 Å². The van der Waals surface area contributed by atoms with Crippen LogP contribution in [0.25, 0.3) is 0 Å². The predicted octanol–water partition coefficient (Wildman–Crippen LogP) is -1.02. The van der Waals surface area contributed by atoms with Crippen LogP contribution in [0, 0.1) is 0 Å². The van der Waals surface area contributed by atoms with Gasteiger partial charge in [0.25, 0.3) is 5.56 Å². The Bertz CT molecular complexity index is 310. The zero-order valence-electron chi connectivity index (χ0n) is 4.84. The molecule has 5 N–H and O–H groups in total. The maximum Gasteiger partial charge on any atom is 0.345 e. The summed E-state index contributed by atoms with van der Waals surface area (Å²) in [6, 6.07) is 0. The molecule has 1 aromatic rings. The highest BCUT2D eigenvalue weighted by Gasteiger charge is 2.13. The van der Waals surface area contributed by atoms with E-state index in [1.807, 2.05) is 5.10 Å². The van der Waals surface area contributed by atoms with Crippen LogP contribution in [0.5, 0.6) is 0 Å². The van der Waals surface area contributed by atoms with E-state index in [1.165, 1.54) is 0 Å². The Morgan fingerprint density at radius 2 is 2.10 bits per heavy atom. The summed E-state index contributed by atoms with van der Waals surface area (Å²) in [5.74, 6) is -1.49. The normalized spacial score (nSPS) is 9.60. The smallest absolute Gasteiger partial charge is 0.345 e. The van der Waals surface area contributed by atoms with E-state index in [1.54, 1.807) is 0 Å². The summed E-state index contributed by atoms with van der Waals surface area (Å²) >= 11 is 0. The Hall–Kier alpha value is -1.72. The van der Waals surface area contributed by atoms with Gasteiger partial charge in [-0.05, 0) is 0 Å². The van der Waals surface area contributed by atoms with Crippen LogP contribution in [0.2, 0.25) is 0 Å². The molecule has 6 nitrogen and oxygen atoms in total. The van der Waals surface area contributed by atoms with Crippen molar-refractivity contribution in [2.45, 2.75) is 0 Å². The zero-order chi connectivity index (χ0) is 7.72. The van der Waals surface area contributed by atoms with Crippen LogP contribution >= 0.6 is 0 Å². The van der Waals surface area contributed by atoms with Gasteiger partial charge in [0.2, 0.25) is 0 Å². The van der Waals surface area contributed by atoms with Crippen molar-refractivity contribution >= 4 is 11.8 Å². The van der Waals surface area contributed by atoms with Crippen LogP contribution in [0.15, 0.2) is 4.79 Å². The number of nitrogens with one attached hydrogen (secondary N) is 2. The Balaban J connectivity index is 3.37. The first kappa shape index (κ1) is 6.40. The molecule has 0 radical (unpaired) electrons. The van der Waals surface area contributed by atoms with Gasteiger partial charge < -0.3 is 10.8 Å². The molecule has 0 spiro atoms. The van der Waals surface area contributed by atoms with Gasteiger partial charge in [-0.3, -0.25) is 15.0 Å². The summed E-state index contributed by atoms with van der Waals surface area (Å²) in [5.41, 5.74) is 3.91. The number of nitrogens with two attached hydrogens (primary N) is 1. The Morgan fingerprint density at radius 3 is 2.30 bits per heavy atom. The molecular weight excluding hydrogens is 138 g/mol. The van der Waals surface area contributed by atoms with Crippen LogP contribution in [-0.4, -0.2) is 21.3 Å². The number of carbonyl (C=O) groups is 1. The van der Waals surface area contributed by atoms with Crippen LogP contribution in [-0.2, 0) is 0 Å². The average Bonchev–Trinajstić information content (AvgIpc) is 2.11. The molecule has 0 aliphatic rings. The summed E-state index contributed by atoms with van der Waals surface area (Å²) < 4.78 is 0. The summed E-state index contributed by atoms with van der Waals surface area (Å²) in [6.45, 7) is 0. The van der Waals surface area contributed by atoms with Crippen LogP contribution in [0.1, 0.15) is 10.4 Å². The zero-order valence-corrected chi connectivity index (χ0v) is 4.84. The first-order valence-corrected chi connectivity index (χ1v) is 2.42. The molecule has 1 aromatic heterocycles. The van der Waals surface area contributed by atoms with Gasteiger partial charge >= 0.3 is 5.97 Å². The molecule has 0 fully saturated rings. The molecule has 0 bridgehead atoms. The molecule has 0 atom stereocenters. The number of aromatic amines is 2. The van der Waals surface area contributed by atoms with Gasteiger partial charge in [-0.15, -0.1) is 0 Å². The Labute approximate surface area is 54.7 Å². The number of aromatic nitrogens is 2. The molecule has 10 heavy (non-hydrogen) atoms. The third kappa shape index (κ3) is 0.750. The number of carboxylic acid groups (broad SMARTS) is 1. The third-order valence-electron chi connectivity index (χ3n) is 1.02. The maximum absolute atomic E-state index is 10.5. The van der Waals surface area contributed by atoms with Gasteiger partial charge in [0.05, 0.1) is 0 Å². The van der Waals surface area contributed by atoms with E-state index >= 15 is 0 Å². The molecular formula is C4H5N3O3. The number of carboxylic acids is 1. The SMILES string of the molecule is Nc1[nH][nH]c(=O)c1C(=O)O. The lowest BCUT2D eigenvalue weighted by Crippen LogP contribution is -2.12. The summed E-state index contributed by atoms with van der Waals surface area (Å²) in [6.07, 6.45) is 0. The highest BCUT2D eigenvalue weighted by atomic mass is 16.4. The quantitative estimate of drug-likeness (QED) is 0.403. The summed E-state index contributed by atoms with van der Waals surface area (Å²) in [4.78, 5) is 20.7. The second-order valence-corrected chi connectivity index (χ2v) is 1.67. The van der Waals surface area contributed by atoms with Crippen molar-refractivity contribution in [1.82, 2.24) is 10.2 Å². The molecule has 6 heteroatoms. The summed E-state index contributed by atoms with van der Waals surface area (Å²) in [7, 11) is 0. The molecule has 1 rings (SSSR count). The van der Waals surface area contributed by atoms with E-state index in [4.69, 9.17) is 10.8 Å². The van der Waals surface area contributed by atoms with Gasteiger partial charge in [-0.2, -0.15) is 0 Å². The lowest BCUT2D eigenvalue weighted by Gasteiger charge is -1.84. The maximum atomic E-state index is 10.5.